The van der Waals surface area contributed by atoms with Crippen LogP contribution >= 0.6 is 0 Å². The normalized spacial score (nSPS) is 14.9. The molecule has 0 unspecified atom stereocenters. The summed E-state index contributed by atoms with van der Waals surface area (Å²) in [5.41, 5.74) is 9.32. The zero-order valence-corrected chi connectivity index (χ0v) is 13.4. The Hall–Kier alpha value is -1.57. The van der Waals surface area contributed by atoms with Gasteiger partial charge in [-0.3, -0.25) is 0 Å². The van der Waals surface area contributed by atoms with E-state index in [1.54, 1.807) is 12.1 Å². The molecule has 3 aromatic rings. The first-order chi connectivity index (χ1) is 10.3. The number of rotatable bonds is 3. The summed E-state index contributed by atoms with van der Waals surface area (Å²) in [5, 5.41) is 18.6. The van der Waals surface area contributed by atoms with Crippen molar-refractivity contribution in [1.82, 2.24) is 14.8 Å². The van der Waals surface area contributed by atoms with Crippen LogP contribution < -0.4 is 21.0 Å². The molecule has 1 saturated carbocycles. The van der Waals surface area contributed by atoms with Gasteiger partial charge in [-0.2, -0.15) is 0 Å². The zero-order chi connectivity index (χ0) is 14.4. The first-order valence-corrected chi connectivity index (χ1v) is 9.11. The Bertz CT molecular complexity index is 829. The van der Waals surface area contributed by atoms with Crippen molar-refractivity contribution in [3.63, 3.8) is 0 Å². The summed E-state index contributed by atoms with van der Waals surface area (Å²) in [6.07, 6.45) is 2.41. The average Bonchev–Trinajstić information content (AvgIpc) is 3.27. The Morgan fingerprint density at radius 3 is 2.71 bits per heavy atom. The summed E-state index contributed by atoms with van der Waals surface area (Å²) in [7, 11) is 0. The van der Waals surface area contributed by atoms with E-state index in [-0.39, 0.29) is 5.75 Å². The van der Waals surface area contributed by atoms with Gasteiger partial charge >= 0.3 is 134 Å². The predicted octanol–water partition coefficient (Wildman–Crippen LogP) is -0.519. The standard InChI is InChI=1S/C15H12BIN3O/c16-17-15-8-12-13(20(15)9-5-6-9)7-11(18-19-12)10-3-1-2-4-14(10)21/h1-4,7-9,21H,5-6H2/q-1. The number of fused-ring (bicyclic) bond motifs is 1. The summed E-state index contributed by atoms with van der Waals surface area (Å²) in [5.74, 6) is 0.224. The summed E-state index contributed by atoms with van der Waals surface area (Å²) in [6.45, 7) is 0. The number of phenolic OH excluding ortho intramolecular Hbond substituents is 1. The van der Waals surface area contributed by atoms with Crippen LogP contribution in [0.4, 0.5) is 0 Å². The summed E-state index contributed by atoms with van der Waals surface area (Å²) in [4.78, 5) is 0. The van der Waals surface area contributed by atoms with Gasteiger partial charge in [0.2, 0.25) is 0 Å². The summed E-state index contributed by atoms with van der Waals surface area (Å²) < 4.78 is 3.52. The fourth-order valence-electron chi connectivity index (χ4n) is 2.59. The topological polar surface area (TPSA) is 50.9 Å². The molecule has 1 aliphatic rings. The number of aromatic nitrogens is 3. The van der Waals surface area contributed by atoms with Gasteiger partial charge in [0.15, 0.2) is 0 Å². The van der Waals surface area contributed by atoms with Crippen LogP contribution in [0.15, 0.2) is 36.4 Å². The Morgan fingerprint density at radius 2 is 2.00 bits per heavy atom. The third kappa shape index (κ3) is 2.21. The molecule has 1 N–H and O–H groups in total. The van der Waals surface area contributed by atoms with E-state index in [9.17, 15) is 5.11 Å². The Balaban J connectivity index is 1.93. The number of para-hydroxylation sites is 1. The van der Waals surface area contributed by atoms with Crippen molar-refractivity contribution in [2.24, 2.45) is 0 Å². The van der Waals surface area contributed by atoms with Crippen LogP contribution in [0.5, 0.6) is 5.75 Å². The third-order valence-electron chi connectivity index (χ3n) is 3.75. The van der Waals surface area contributed by atoms with E-state index >= 15 is 0 Å². The Morgan fingerprint density at radius 1 is 1.19 bits per heavy atom. The minimum atomic E-state index is -0.480. The molecule has 6 heteroatoms. The second-order valence-electron chi connectivity index (χ2n) is 5.19. The van der Waals surface area contributed by atoms with Crippen molar-refractivity contribution in [1.29, 1.82) is 0 Å². The molecule has 1 aromatic carbocycles. The summed E-state index contributed by atoms with van der Waals surface area (Å²) >= 11 is -0.480. The van der Waals surface area contributed by atoms with E-state index in [4.69, 9.17) is 5.70 Å². The molecular weight excluding hydrogens is 376 g/mol. The van der Waals surface area contributed by atoms with Crippen molar-refractivity contribution in [2.45, 2.75) is 18.9 Å². The van der Waals surface area contributed by atoms with E-state index in [1.807, 2.05) is 18.2 Å². The number of hydrogen-bond acceptors (Lipinski definition) is 3. The quantitative estimate of drug-likeness (QED) is 0.486. The average molecular weight is 388 g/mol. The van der Waals surface area contributed by atoms with Gasteiger partial charge in [-0.1, -0.05) is 0 Å². The molecule has 0 aliphatic heterocycles. The van der Waals surface area contributed by atoms with Gasteiger partial charge < -0.3 is 0 Å². The molecule has 4 rings (SSSR count). The van der Waals surface area contributed by atoms with Gasteiger partial charge in [0.05, 0.1) is 0 Å². The molecule has 0 spiro atoms. The molecule has 2 radical (unpaired) electrons. The van der Waals surface area contributed by atoms with Crippen molar-refractivity contribution in [3.05, 3.63) is 40.1 Å². The molecular formula is C15H12BIN3O-. The molecule has 0 atom stereocenters. The molecule has 21 heavy (non-hydrogen) atoms. The van der Waals surface area contributed by atoms with Crippen molar-refractivity contribution in [3.8, 4) is 17.0 Å². The van der Waals surface area contributed by atoms with Crippen LogP contribution in [0.1, 0.15) is 18.9 Å². The van der Waals surface area contributed by atoms with Gasteiger partial charge in [-0.15, -0.1) is 0 Å². The molecule has 2 aromatic heterocycles. The maximum absolute atomic E-state index is 9.99. The molecule has 0 amide bonds. The summed E-state index contributed by atoms with van der Waals surface area (Å²) in [6, 6.07) is 11.8. The van der Waals surface area contributed by atoms with Gasteiger partial charge in [-0.25, -0.2) is 0 Å². The van der Waals surface area contributed by atoms with Gasteiger partial charge in [0.1, 0.15) is 0 Å². The third-order valence-corrected chi connectivity index (χ3v) is 5.22. The monoisotopic (exact) mass is 388 g/mol. The molecule has 1 fully saturated rings. The minimum absolute atomic E-state index is 0.224. The number of aromatic hydroxyl groups is 1. The second kappa shape index (κ2) is 5.01. The number of hydrogen-bond donors (Lipinski definition) is 1. The molecule has 104 valence electrons. The molecule has 2 heterocycles. The van der Waals surface area contributed by atoms with Crippen LogP contribution in [-0.4, -0.2) is 25.6 Å². The number of halogens is 1. The van der Waals surface area contributed by atoms with Gasteiger partial charge in [0, 0.05) is 0 Å². The Labute approximate surface area is 133 Å². The fourth-order valence-corrected chi connectivity index (χ4v) is 4.02. The maximum atomic E-state index is 9.99. The SMILES string of the molecule is [B][I-]c1cc2nnc(-c3ccccc3O)cc2n1C1CC1. The van der Waals surface area contributed by atoms with E-state index < -0.39 is 21.0 Å². The van der Waals surface area contributed by atoms with Crippen molar-refractivity contribution < 1.29 is 26.1 Å². The molecule has 4 nitrogen and oxygen atoms in total. The van der Waals surface area contributed by atoms with Crippen molar-refractivity contribution in [2.75, 3.05) is 0 Å². The second-order valence-corrected chi connectivity index (χ2v) is 6.92. The predicted molar refractivity (Wildman–Crippen MR) is 77.4 cm³/mol. The van der Waals surface area contributed by atoms with Crippen LogP contribution in [-0.2, 0) is 0 Å². The van der Waals surface area contributed by atoms with Crippen LogP contribution in [0.2, 0.25) is 0 Å². The van der Waals surface area contributed by atoms with E-state index in [0.717, 1.165) is 11.0 Å². The van der Waals surface area contributed by atoms with Crippen LogP contribution in [0.25, 0.3) is 22.3 Å². The first-order valence-electron chi connectivity index (χ1n) is 6.78. The van der Waals surface area contributed by atoms with E-state index in [2.05, 4.69) is 20.8 Å². The number of nitrogens with zero attached hydrogens (tertiary/aromatic N) is 3. The molecule has 0 bridgehead atoms. The first kappa shape index (κ1) is 13.1. The van der Waals surface area contributed by atoms with E-state index in [0.29, 0.717) is 17.3 Å². The zero-order valence-electron chi connectivity index (χ0n) is 11.2. The number of phenols is 1. The van der Waals surface area contributed by atoms with Gasteiger partial charge in [-0.05, 0) is 0 Å². The molecule has 0 saturated heterocycles. The fraction of sp³-hybridized carbons (Fsp3) is 0.200. The van der Waals surface area contributed by atoms with E-state index in [1.165, 1.54) is 16.5 Å². The number of benzene rings is 1. The van der Waals surface area contributed by atoms with Crippen LogP contribution in [0.3, 0.4) is 0 Å². The Kier molecular flexibility index (Phi) is 3.13. The van der Waals surface area contributed by atoms with Crippen molar-refractivity contribution >= 4 is 16.7 Å². The van der Waals surface area contributed by atoms with Gasteiger partial charge in [0.25, 0.3) is 0 Å². The molecule has 1 aliphatic carbocycles. The van der Waals surface area contributed by atoms with Crippen LogP contribution in [0, 0.1) is 3.70 Å².